The summed E-state index contributed by atoms with van der Waals surface area (Å²) in [6.07, 6.45) is 0. The number of nitrogens with zero attached hydrogens (tertiary/aromatic N) is 2. The van der Waals surface area contributed by atoms with Gasteiger partial charge in [0.25, 0.3) is 10.0 Å². The second-order valence-electron chi connectivity index (χ2n) is 4.84. The molecule has 0 saturated heterocycles. The summed E-state index contributed by atoms with van der Waals surface area (Å²) in [5.41, 5.74) is 1.60. The van der Waals surface area contributed by atoms with E-state index in [0.717, 1.165) is 5.56 Å². The summed E-state index contributed by atoms with van der Waals surface area (Å²) >= 11 is 0. The lowest BCUT2D eigenvalue weighted by Gasteiger charge is -1.97. The second-order valence-corrected chi connectivity index (χ2v) is 6.42. The van der Waals surface area contributed by atoms with Crippen molar-refractivity contribution in [1.29, 1.82) is 0 Å². The van der Waals surface area contributed by atoms with Gasteiger partial charge in [0.05, 0.1) is 10.4 Å². The predicted molar refractivity (Wildman–Crippen MR) is 82.8 cm³/mol. The number of benzene rings is 2. The monoisotopic (exact) mass is 315 g/mol. The number of aryl methyl sites for hydroxylation is 1. The summed E-state index contributed by atoms with van der Waals surface area (Å²) in [6.45, 7) is 1.86. The number of para-hydroxylation sites is 1. The summed E-state index contributed by atoms with van der Waals surface area (Å²) < 4.78 is 27.6. The van der Waals surface area contributed by atoms with Gasteiger partial charge in [-0.3, -0.25) is 0 Å². The zero-order valence-electron chi connectivity index (χ0n) is 11.7. The van der Waals surface area contributed by atoms with Crippen LogP contribution < -0.4 is 0 Å². The van der Waals surface area contributed by atoms with E-state index < -0.39 is 10.0 Å². The van der Waals surface area contributed by atoms with Gasteiger partial charge in [-0.25, -0.2) is 0 Å². The first kappa shape index (κ1) is 14.3. The average molecular weight is 315 g/mol. The second kappa shape index (κ2) is 5.27. The average Bonchev–Trinajstić information content (AvgIpc) is 2.83. The van der Waals surface area contributed by atoms with E-state index >= 15 is 0 Å². The molecule has 2 aromatic carbocycles. The number of H-pyrrole nitrogens is 1. The van der Waals surface area contributed by atoms with Crippen LogP contribution in [0.5, 0.6) is 5.75 Å². The van der Waals surface area contributed by atoms with Crippen LogP contribution in [-0.4, -0.2) is 18.5 Å². The molecule has 22 heavy (non-hydrogen) atoms. The van der Waals surface area contributed by atoms with Gasteiger partial charge < -0.3 is 10.1 Å². The molecule has 2 N–H and O–H groups in total. The van der Waals surface area contributed by atoms with Crippen molar-refractivity contribution in [1.82, 2.24) is 4.98 Å². The van der Waals surface area contributed by atoms with E-state index in [-0.39, 0.29) is 16.5 Å². The van der Waals surface area contributed by atoms with Crippen molar-refractivity contribution >= 4 is 26.7 Å². The van der Waals surface area contributed by atoms with E-state index in [2.05, 4.69) is 14.6 Å². The highest BCUT2D eigenvalue weighted by atomic mass is 32.2. The van der Waals surface area contributed by atoms with Crippen molar-refractivity contribution in [2.24, 2.45) is 9.63 Å². The minimum atomic E-state index is -3.90. The summed E-state index contributed by atoms with van der Waals surface area (Å²) in [7, 11) is -3.90. The Labute approximate surface area is 127 Å². The van der Waals surface area contributed by atoms with Crippen LogP contribution in [0, 0.1) is 6.92 Å². The zero-order valence-corrected chi connectivity index (χ0v) is 12.5. The van der Waals surface area contributed by atoms with Crippen molar-refractivity contribution in [3.63, 3.8) is 0 Å². The number of aromatic amines is 1. The topological polar surface area (TPSA) is 94.9 Å². The van der Waals surface area contributed by atoms with Gasteiger partial charge in [-0.05, 0) is 31.2 Å². The highest BCUT2D eigenvalue weighted by Crippen LogP contribution is 2.35. The molecule has 0 bridgehead atoms. The van der Waals surface area contributed by atoms with Crippen LogP contribution in [-0.2, 0) is 10.0 Å². The van der Waals surface area contributed by atoms with Crippen LogP contribution in [0.4, 0.5) is 5.82 Å². The molecule has 0 aliphatic heterocycles. The number of hydrogen-bond acceptors (Lipinski definition) is 4. The lowest BCUT2D eigenvalue weighted by molar-refractivity contribution is 0.482. The minimum absolute atomic E-state index is 0.0110. The Hall–Kier alpha value is -2.67. The van der Waals surface area contributed by atoms with Crippen molar-refractivity contribution < 1.29 is 13.5 Å². The summed E-state index contributed by atoms with van der Waals surface area (Å²) in [5, 5.41) is 14.2. The molecule has 1 heterocycles. The van der Waals surface area contributed by atoms with Gasteiger partial charge in [0.1, 0.15) is 0 Å². The van der Waals surface area contributed by atoms with E-state index in [9.17, 15) is 13.5 Å². The molecule has 112 valence electrons. The van der Waals surface area contributed by atoms with Gasteiger partial charge in [0, 0.05) is 5.39 Å². The van der Waals surface area contributed by atoms with Gasteiger partial charge >= 0.3 is 0 Å². The molecule has 0 aliphatic carbocycles. The fourth-order valence-electron chi connectivity index (χ4n) is 2.04. The smallest absolute Gasteiger partial charge is 0.299 e. The lowest BCUT2D eigenvalue weighted by Crippen LogP contribution is -1.95. The molecule has 3 aromatic rings. The highest BCUT2D eigenvalue weighted by Gasteiger charge is 2.14. The molecule has 1 aromatic heterocycles. The normalized spacial score (nSPS) is 12.2. The molecule has 7 heteroatoms. The van der Waals surface area contributed by atoms with Crippen LogP contribution in [0.2, 0.25) is 0 Å². The van der Waals surface area contributed by atoms with Crippen LogP contribution in [0.15, 0.2) is 63.1 Å². The van der Waals surface area contributed by atoms with Crippen molar-refractivity contribution in [3.05, 3.63) is 54.1 Å². The molecule has 0 atom stereocenters. The Balaban J connectivity index is 1.98. The minimum Gasteiger partial charge on any atom is -0.504 e. The van der Waals surface area contributed by atoms with Crippen molar-refractivity contribution in [2.45, 2.75) is 11.8 Å². The van der Waals surface area contributed by atoms with E-state index in [1.54, 1.807) is 36.4 Å². The van der Waals surface area contributed by atoms with E-state index in [1.165, 1.54) is 12.1 Å². The first-order valence-electron chi connectivity index (χ1n) is 6.52. The first-order valence-corrected chi connectivity index (χ1v) is 7.96. The maximum atomic E-state index is 12.1. The molecular weight excluding hydrogens is 302 g/mol. The number of fused-ring (bicyclic) bond motifs is 1. The molecule has 0 spiro atoms. The maximum Gasteiger partial charge on any atom is 0.299 e. The molecule has 3 rings (SSSR count). The Kier molecular flexibility index (Phi) is 3.42. The van der Waals surface area contributed by atoms with E-state index in [0.29, 0.717) is 10.9 Å². The van der Waals surface area contributed by atoms with Crippen LogP contribution in [0.1, 0.15) is 5.56 Å². The first-order chi connectivity index (χ1) is 10.5. The van der Waals surface area contributed by atoms with Gasteiger partial charge in [0.15, 0.2) is 11.6 Å². The SMILES string of the molecule is Cc1ccc(S(=O)(=O)/N=N/c2[nH]c3ccccc3c2O)cc1. The molecule has 0 unspecified atom stereocenters. The summed E-state index contributed by atoms with van der Waals surface area (Å²) in [6, 6.07) is 13.3. The van der Waals surface area contributed by atoms with Crippen molar-refractivity contribution in [2.75, 3.05) is 0 Å². The zero-order chi connectivity index (χ0) is 15.7. The fourth-order valence-corrected chi connectivity index (χ4v) is 2.80. The van der Waals surface area contributed by atoms with Gasteiger partial charge in [-0.1, -0.05) is 34.3 Å². The maximum absolute atomic E-state index is 12.1. The molecule has 0 saturated carbocycles. The van der Waals surface area contributed by atoms with Crippen molar-refractivity contribution in [3.8, 4) is 5.75 Å². The Morgan fingerprint density at radius 2 is 1.73 bits per heavy atom. The number of sulfonamides is 1. The molecule has 0 aliphatic rings. The third-order valence-electron chi connectivity index (χ3n) is 3.23. The van der Waals surface area contributed by atoms with Gasteiger partial charge in [0.2, 0.25) is 0 Å². The number of rotatable bonds is 3. The lowest BCUT2D eigenvalue weighted by atomic mass is 10.2. The predicted octanol–water partition coefficient (Wildman–Crippen LogP) is 3.65. The van der Waals surface area contributed by atoms with Gasteiger partial charge in [-0.15, -0.1) is 5.11 Å². The molecular formula is C15H13N3O3S. The van der Waals surface area contributed by atoms with E-state index in [4.69, 9.17) is 0 Å². The molecule has 6 nitrogen and oxygen atoms in total. The third-order valence-corrected chi connectivity index (χ3v) is 4.39. The summed E-state index contributed by atoms with van der Waals surface area (Å²) in [4.78, 5) is 2.88. The Morgan fingerprint density at radius 1 is 1.05 bits per heavy atom. The standard InChI is InChI=1S/C15H13N3O3S/c1-10-6-8-11(9-7-10)22(20,21)18-17-15-14(19)12-4-2-3-5-13(12)16-15/h2-9,16,19H,1H3/b18-17+. The quantitative estimate of drug-likeness (QED) is 0.722. The molecule has 0 radical (unpaired) electrons. The highest BCUT2D eigenvalue weighted by molar-refractivity contribution is 7.90. The number of nitrogens with one attached hydrogen (secondary N) is 1. The number of aromatic nitrogens is 1. The summed E-state index contributed by atoms with van der Waals surface area (Å²) in [5.74, 6) is -0.115. The number of aromatic hydroxyl groups is 1. The Bertz CT molecular complexity index is 957. The van der Waals surface area contributed by atoms with E-state index in [1.807, 2.05) is 6.92 Å². The fraction of sp³-hybridized carbons (Fsp3) is 0.0667. The van der Waals surface area contributed by atoms with Crippen LogP contribution in [0.3, 0.4) is 0 Å². The molecule has 0 fully saturated rings. The molecule has 0 amide bonds. The van der Waals surface area contributed by atoms with Crippen LogP contribution >= 0.6 is 0 Å². The van der Waals surface area contributed by atoms with Gasteiger partial charge in [-0.2, -0.15) is 8.42 Å². The third kappa shape index (κ3) is 2.58. The van der Waals surface area contributed by atoms with Crippen LogP contribution in [0.25, 0.3) is 10.9 Å². The Morgan fingerprint density at radius 3 is 2.41 bits per heavy atom. The largest absolute Gasteiger partial charge is 0.504 e. The number of hydrogen-bond donors (Lipinski definition) is 2.